The molecule has 3 aromatic rings. The topological polar surface area (TPSA) is 21.3 Å². The zero-order chi connectivity index (χ0) is 18.2. The van der Waals surface area contributed by atoms with Crippen LogP contribution >= 0.6 is 23.2 Å². The van der Waals surface area contributed by atoms with Gasteiger partial charge in [-0.25, -0.2) is 0 Å². The molecule has 3 aromatic carbocycles. The van der Waals surface area contributed by atoms with Crippen molar-refractivity contribution in [3.8, 4) is 5.75 Å². The minimum Gasteiger partial charge on any atom is -0.491 e. The molecule has 4 heteroatoms. The van der Waals surface area contributed by atoms with E-state index < -0.39 is 0 Å². The second-order valence-corrected chi connectivity index (χ2v) is 6.87. The molecule has 0 bridgehead atoms. The van der Waals surface area contributed by atoms with Crippen LogP contribution in [0.4, 0.5) is 5.69 Å². The summed E-state index contributed by atoms with van der Waals surface area (Å²) in [4.78, 5) is 0. The molecule has 134 valence electrons. The van der Waals surface area contributed by atoms with Gasteiger partial charge in [0.15, 0.2) is 0 Å². The maximum Gasteiger partial charge on any atom is 0.142 e. The molecule has 0 aliphatic rings. The number of hydrogen-bond acceptors (Lipinski definition) is 2. The number of aryl methyl sites for hydroxylation is 1. The van der Waals surface area contributed by atoms with E-state index in [1.54, 1.807) is 6.07 Å². The number of para-hydroxylation sites is 2. The van der Waals surface area contributed by atoms with Crippen LogP contribution in [0.25, 0.3) is 0 Å². The van der Waals surface area contributed by atoms with Crippen molar-refractivity contribution >= 4 is 28.9 Å². The van der Waals surface area contributed by atoms with Gasteiger partial charge in [-0.05, 0) is 48.2 Å². The summed E-state index contributed by atoms with van der Waals surface area (Å²) in [5.74, 6) is 0.852. The second-order valence-electron chi connectivity index (χ2n) is 6.02. The van der Waals surface area contributed by atoms with Crippen LogP contribution in [0.5, 0.6) is 5.75 Å². The zero-order valence-electron chi connectivity index (χ0n) is 14.4. The van der Waals surface area contributed by atoms with Gasteiger partial charge in [0, 0.05) is 16.6 Å². The van der Waals surface area contributed by atoms with Crippen molar-refractivity contribution in [2.75, 3.05) is 11.9 Å². The summed E-state index contributed by atoms with van der Waals surface area (Å²) in [5, 5.41) is 4.69. The molecule has 3 rings (SSSR count). The first kappa shape index (κ1) is 18.6. The minimum absolute atomic E-state index is 0.611. The monoisotopic (exact) mass is 385 g/mol. The van der Waals surface area contributed by atoms with Crippen LogP contribution in [0.2, 0.25) is 10.0 Å². The Bertz CT molecular complexity index is 837. The molecule has 0 atom stereocenters. The number of anilines is 1. The molecule has 0 spiro atoms. The molecule has 0 amide bonds. The molecule has 26 heavy (non-hydrogen) atoms. The first-order chi connectivity index (χ1) is 12.7. The third-order valence-corrected chi connectivity index (χ3v) is 4.67. The van der Waals surface area contributed by atoms with E-state index in [4.69, 9.17) is 27.9 Å². The number of benzene rings is 3. The van der Waals surface area contributed by atoms with E-state index in [0.717, 1.165) is 29.8 Å². The lowest BCUT2D eigenvalue weighted by Gasteiger charge is -2.14. The highest BCUT2D eigenvalue weighted by atomic mass is 35.5. The third kappa shape index (κ3) is 5.42. The zero-order valence-corrected chi connectivity index (χ0v) is 15.9. The van der Waals surface area contributed by atoms with Crippen molar-refractivity contribution in [2.45, 2.75) is 19.4 Å². The fraction of sp³-hybridized carbons (Fsp3) is 0.182. The van der Waals surface area contributed by atoms with Gasteiger partial charge < -0.3 is 10.1 Å². The summed E-state index contributed by atoms with van der Waals surface area (Å²) in [5.41, 5.74) is 3.29. The molecule has 0 radical (unpaired) electrons. The van der Waals surface area contributed by atoms with Crippen LogP contribution in [0.3, 0.4) is 0 Å². The summed E-state index contributed by atoms with van der Waals surface area (Å²) in [6, 6.07) is 23.9. The molecule has 0 saturated carbocycles. The molecular weight excluding hydrogens is 365 g/mol. The molecule has 0 unspecified atom stereocenters. The first-order valence-electron chi connectivity index (χ1n) is 8.66. The van der Waals surface area contributed by atoms with Gasteiger partial charge in [-0.15, -0.1) is 0 Å². The number of ether oxygens (including phenoxy) is 1. The average molecular weight is 386 g/mol. The van der Waals surface area contributed by atoms with Crippen LogP contribution < -0.4 is 10.1 Å². The number of hydrogen-bond donors (Lipinski definition) is 1. The predicted octanol–water partition coefficient (Wildman–Crippen LogP) is 6.62. The van der Waals surface area contributed by atoms with Crippen LogP contribution in [0.1, 0.15) is 17.5 Å². The number of rotatable bonds is 8. The Labute approximate surface area is 164 Å². The SMILES string of the molecule is Clc1ccc(CNc2ccccc2OCCCc2ccccc2)c(Cl)c1. The van der Waals surface area contributed by atoms with Gasteiger partial charge in [0.25, 0.3) is 0 Å². The third-order valence-electron chi connectivity index (χ3n) is 4.08. The van der Waals surface area contributed by atoms with E-state index in [0.29, 0.717) is 23.2 Å². The fourth-order valence-electron chi connectivity index (χ4n) is 2.70. The summed E-state index contributed by atoms with van der Waals surface area (Å²) in [7, 11) is 0. The largest absolute Gasteiger partial charge is 0.491 e. The van der Waals surface area contributed by atoms with Crippen molar-refractivity contribution in [3.63, 3.8) is 0 Å². The molecule has 0 fully saturated rings. The van der Waals surface area contributed by atoms with Crippen LogP contribution in [0.15, 0.2) is 72.8 Å². The Morgan fingerprint density at radius 3 is 2.42 bits per heavy atom. The summed E-state index contributed by atoms with van der Waals surface area (Å²) in [6.07, 6.45) is 1.98. The van der Waals surface area contributed by atoms with Gasteiger partial charge in [-0.3, -0.25) is 0 Å². The molecular formula is C22H21Cl2NO. The molecule has 1 N–H and O–H groups in total. The van der Waals surface area contributed by atoms with E-state index in [1.807, 2.05) is 42.5 Å². The Kier molecular flexibility index (Phi) is 6.82. The standard InChI is InChI=1S/C22H21Cl2NO/c23-19-13-12-18(20(24)15-19)16-25-21-10-4-5-11-22(21)26-14-6-9-17-7-2-1-3-8-17/h1-5,7-8,10-13,15,25H,6,9,14,16H2. The Morgan fingerprint density at radius 2 is 1.62 bits per heavy atom. The van der Waals surface area contributed by atoms with E-state index >= 15 is 0 Å². The van der Waals surface area contributed by atoms with Crippen LogP contribution in [-0.4, -0.2) is 6.61 Å². The van der Waals surface area contributed by atoms with Crippen LogP contribution in [0, 0.1) is 0 Å². The highest BCUT2D eigenvalue weighted by molar-refractivity contribution is 6.35. The van der Waals surface area contributed by atoms with Gasteiger partial charge in [-0.2, -0.15) is 0 Å². The normalized spacial score (nSPS) is 10.5. The van der Waals surface area contributed by atoms with E-state index in [9.17, 15) is 0 Å². The lowest BCUT2D eigenvalue weighted by Crippen LogP contribution is -2.05. The van der Waals surface area contributed by atoms with Crippen molar-refractivity contribution in [2.24, 2.45) is 0 Å². The summed E-state index contributed by atoms with van der Waals surface area (Å²) >= 11 is 12.2. The van der Waals surface area contributed by atoms with Gasteiger partial charge in [0.2, 0.25) is 0 Å². The van der Waals surface area contributed by atoms with Gasteiger partial charge in [0.05, 0.1) is 12.3 Å². The smallest absolute Gasteiger partial charge is 0.142 e. The minimum atomic E-state index is 0.611. The quantitative estimate of drug-likeness (QED) is 0.440. The summed E-state index contributed by atoms with van der Waals surface area (Å²) < 4.78 is 5.98. The molecule has 2 nitrogen and oxygen atoms in total. The lowest BCUT2D eigenvalue weighted by molar-refractivity contribution is 0.312. The number of halogens is 2. The van der Waals surface area contributed by atoms with E-state index in [2.05, 4.69) is 29.6 Å². The molecule has 0 aromatic heterocycles. The maximum atomic E-state index is 6.24. The predicted molar refractivity (Wildman–Crippen MR) is 110 cm³/mol. The Hall–Kier alpha value is -2.16. The van der Waals surface area contributed by atoms with Crippen LogP contribution in [-0.2, 0) is 13.0 Å². The summed E-state index contributed by atoms with van der Waals surface area (Å²) in [6.45, 7) is 1.29. The fourth-order valence-corrected chi connectivity index (χ4v) is 3.17. The van der Waals surface area contributed by atoms with Crippen molar-refractivity contribution < 1.29 is 4.74 Å². The van der Waals surface area contributed by atoms with Gasteiger partial charge in [0.1, 0.15) is 5.75 Å². The highest BCUT2D eigenvalue weighted by Crippen LogP contribution is 2.26. The van der Waals surface area contributed by atoms with Crippen molar-refractivity contribution in [3.05, 3.63) is 94.0 Å². The van der Waals surface area contributed by atoms with Crippen molar-refractivity contribution in [1.29, 1.82) is 0 Å². The van der Waals surface area contributed by atoms with Gasteiger partial charge in [-0.1, -0.05) is 71.7 Å². The average Bonchev–Trinajstić information content (AvgIpc) is 2.66. The molecule has 0 heterocycles. The number of nitrogens with one attached hydrogen (secondary N) is 1. The van der Waals surface area contributed by atoms with Crippen molar-refractivity contribution in [1.82, 2.24) is 0 Å². The van der Waals surface area contributed by atoms with Gasteiger partial charge >= 0.3 is 0 Å². The second kappa shape index (κ2) is 9.51. The molecule has 0 saturated heterocycles. The Balaban J connectivity index is 1.54. The van der Waals surface area contributed by atoms with E-state index in [-0.39, 0.29) is 0 Å². The molecule has 0 aliphatic heterocycles. The Morgan fingerprint density at radius 1 is 0.846 bits per heavy atom. The maximum absolute atomic E-state index is 6.24. The van der Waals surface area contributed by atoms with E-state index in [1.165, 1.54) is 5.56 Å². The molecule has 0 aliphatic carbocycles. The first-order valence-corrected chi connectivity index (χ1v) is 9.41. The highest BCUT2D eigenvalue weighted by Gasteiger charge is 2.05. The lowest BCUT2D eigenvalue weighted by atomic mass is 10.1.